The monoisotopic (exact) mass is 358 g/mol. The van der Waals surface area contributed by atoms with Crippen molar-refractivity contribution in [3.63, 3.8) is 0 Å². The summed E-state index contributed by atoms with van der Waals surface area (Å²) in [5.41, 5.74) is 1.54. The highest BCUT2D eigenvalue weighted by Crippen LogP contribution is 2.35. The highest BCUT2D eigenvalue weighted by Gasteiger charge is 2.24. The number of nitrogens with one attached hydrogen (secondary N) is 1. The quantitative estimate of drug-likeness (QED) is 0.556. The maximum Gasteiger partial charge on any atom is 0.160 e. The lowest BCUT2D eigenvalue weighted by molar-refractivity contribution is 0.554. The largest absolute Gasteiger partial charge is 0.336 e. The van der Waals surface area contributed by atoms with Gasteiger partial charge < -0.3 is 10.2 Å². The summed E-state index contributed by atoms with van der Waals surface area (Å²) >= 11 is 12.8. The van der Waals surface area contributed by atoms with E-state index in [-0.39, 0.29) is 5.50 Å². The van der Waals surface area contributed by atoms with Gasteiger partial charge in [0.1, 0.15) is 11.2 Å². The molecule has 4 nitrogen and oxygen atoms in total. The number of halogens is 2. The van der Waals surface area contributed by atoms with Crippen LogP contribution in [0.4, 0.5) is 5.82 Å². The first-order valence-corrected chi connectivity index (χ1v) is 8.69. The third-order valence-electron chi connectivity index (χ3n) is 4.25. The molecule has 4 rings (SSSR count). The van der Waals surface area contributed by atoms with E-state index in [1.54, 1.807) is 0 Å². The van der Waals surface area contributed by atoms with Crippen LogP contribution in [0.25, 0.3) is 22.0 Å². The van der Waals surface area contributed by atoms with Gasteiger partial charge in [-0.05, 0) is 6.07 Å². The average molecular weight is 359 g/mol. The molecule has 0 amide bonds. The Hall–Kier alpha value is -1.88. The normalized spacial score (nSPS) is 18.1. The highest BCUT2D eigenvalue weighted by molar-refractivity contribution is 6.33. The second-order valence-electron chi connectivity index (χ2n) is 5.73. The van der Waals surface area contributed by atoms with Gasteiger partial charge in [-0.2, -0.15) is 0 Å². The molecule has 1 N–H and O–H groups in total. The summed E-state index contributed by atoms with van der Waals surface area (Å²) in [4.78, 5) is 2.10. The molecule has 0 spiro atoms. The van der Waals surface area contributed by atoms with E-state index < -0.39 is 0 Å². The number of hydrogen-bond donors (Lipinski definition) is 1. The van der Waals surface area contributed by atoms with Crippen molar-refractivity contribution in [2.75, 3.05) is 24.5 Å². The number of benzene rings is 2. The molecule has 1 aliphatic heterocycles. The molecule has 0 radical (unpaired) electrons. The van der Waals surface area contributed by atoms with E-state index in [0.717, 1.165) is 47.5 Å². The molecule has 0 aliphatic carbocycles. The molecule has 0 saturated carbocycles. The van der Waals surface area contributed by atoms with E-state index in [4.69, 9.17) is 23.2 Å². The molecule has 6 heteroatoms. The predicted molar refractivity (Wildman–Crippen MR) is 99.8 cm³/mol. The average Bonchev–Trinajstić information content (AvgIpc) is 2.62. The fourth-order valence-electron chi connectivity index (χ4n) is 3.06. The lowest BCUT2D eigenvalue weighted by Crippen LogP contribution is -2.49. The smallest absolute Gasteiger partial charge is 0.160 e. The van der Waals surface area contributed by atoms with Crippen molar-refractivity contribution >= 4 is 39.8 Å². The molecule has 2 aromatic carbocycles. The Labute approximate surface area is 150 Å². The first-order valence-electron chi connectivity index (χ1n) is 7.87. The Kier molecular flexibility index (Phi) is 4.27. The summed E-state index contributed by atoms with van der Waals surface area (Å²) < 4.78 is 0. The Balaban J connectivity index is 1.91. The van der Waals surface area contributed by atoms with Crippen molar-refractivity contribution in [2.45, 2.75) is 5.50 Å². The lowest BCUT2D eigenvalue weighted by atomic mass is 10.0. The van der Waals surface area contributed by atoms with Crippen LogP contribution in [0.15, 0.2) is 48.5 Å². The van der Waals surface area contributed by atoms with Crippen molar-refractivity contribution in [1.82, 2.24) is 15.5 Å². The predicted octanol–water partition coefficient (Wildman–Crippen LogP) is 3.92. The van der Waals surface area contributed by atoms with Crippen molar-refractivity contribution in [3.8, 4) is 11.3 Å². The van der Waals surface area contributed by atoms with Gasteiger partial charge in [0.2, 0.25) is 0 Å². The zero-order valence-corrected chi connectivity index (χ0v) is 14.4. The number of nitrogens with zero attached hydrogens (tertiary/aromatic N) is 3. The first-order chi connectivity index (χ1) is 11.8. The summed E-state index contributed by atoms with van der Waals surface area (Å²) in [6, 6.07) is 15.8. The van der Waals surface area contributed by atoms with Crippen LogP contribution in [0.5, 0.6) is 0 Å². The lowest BCUT2D eigenvalue weighted by Gasteiger charge is -2.33. The summed E-state index contributed by atoms with van der Waals surface area (Å²) in [6.07, 6.45) is 0. The second-order valence-corrected chi connectivity index (χ2v) is 6.64. The van der Waals surface area contributed by atoms with Crippen LogP contribution >= 0.6 is 23.2 Å². The molecule has 2 heterocycles. The Morgan fingerprint density at radius 3 is 2.54 bits per heavy atom. The Bertz CT molecular complexity index is 884. The van der Waals surface area contributed by atoms with E-state index in [2.05, 4.69) is 32.5 Å². The molecule has 24 heavy (non-hydrogen) atoms. The van der Waals surface area contributed by atoms with Crippen LogP contribution < -0.4 is 10.2 Å². The number of rotatable bonds is 2. The molecule has 1 atom stereocenters. The molecule has 1 aromatic heterocycles. The van der Waals surface area contributed by atoms with E-state index in [1.165, 1.54) is 0 Å². The van der Waals surface area contributed by atoms with Crippen molar-refractivity contribution in [1.29, 1.82) is 0 Å². The van der Waals surface area contributed by atoms with Crippen LogP contribution in [0.3, 0.4) is 0 Å². The minimum Gasteiger partial charge on any atom is -0.336 e. The van der Waals surface area contributed by atoms with Crippen molar-refractivity contribution in [2.24, 2.45) is 0 Å². The molecular formula is C18H16Cl2N4. The number of alkyl halides is 1. The summed E-state index contributed by atoms with van der Waals surface area (Å²) in [7, 11) is 0. The fraction of sp³-hybridized carbons (Fsp3) is 0.222. The van der Waals surface area contributed by atoms with Crippen LogP contribution in [-0.2, 0) is 0 Å². The van der Waals surface area contributed by atoms with E-state index in [1.807, 2.05) is 36.4 Å². The second kappa shape index (κ2) is 6.55. The van der Waals surface area contributed by atoms with Gasteiger partial charge in [0, 0.05) is 36.0 Å². The topological polar surface area (TPSA) is 41.1 Å². The molecular weight excluding hydrogens is 343 g/mol. The molecule has 1 aliphatic rings. The van der Waals surface area contributed by atoms with Crippen molar-refractivity contribution < 1.29 is 0 Å². The van der Waals surface area contributed by atoms with Gasteiger partial charge in [-0.3, -0.25) is 0 Å². The van der Waals surface area contributed by atoms with Crippen molar-refractivity contribution in [3.05, 3.63) is 53.6 Å². The molecule has 122 valence electrons. The minimum atomic E-state index is -0.136. The van der Waals surface area contributed by atoms with Crippen LogP contribution in [-0.4, -0.2) is 35.3 Å². The third kappa shape index (κ3) is 2.71. The molecule has 1 saturated heterocycles. The maximum absolute atomic E-state index is 6.47. The summed E-state index contributed by atoms with van der Waals surface area (Å²) in [6.45, 7) is 2.41. The number of aromatic nitrogens is 2. The molecule has 0 bridgehead atoms. The van der Waals surface area contributed by atoms with Gasteiger partial charge in [-0.1, -0.05) is 65.7 Å². The number of anilines is 1. The Morgan fingerprint density at radius 2 is 1.75 bits per heavy atom. The van der Waals surface area contributed by atoms with E-state index >= 15 is 0 Å². The number of hydrogen-bond acceptors (Lipinski definition) is 4. The number of fused-ring (bicyclic) bond motifs is 1. The minimum absolute atomic E-state index is 0.136. The summed E-state index contributed by atoms with van der Waals surface area (Å²) in [5.74, 6) is 0.822. The summed E-state index contributed by atoms with van der Waals surface area (Å²) in [5, 5.41) is 15.0. The zero-order chi connectivity index (χ0) is 16.5. The van der Waals surface area contributed by atoms with Crippen LogP contribution in [0.2, 0.25) is 5.02 Å². The van der Waals surface area contributed by atoms with E-state index in [9.17, 15) is 0 Å². The molecule has 3 aromatic rings. The van der Waals surface area contributed by atoms with Gasteiger partial charge in [-0.25, -0.2) is 0 Å². The van der Waals surface area contributed by atoms with E-state index in [0.29, 0.717) is 5.02 Å². The maximum atomic E-state index is 6.47. The number of piperazine rings is 1. The van der Waals surface area contributed by atoms with Gasteiger partial charge >= 0.3 is 0 Å². The molecule has 1 unspecified atom stereocenters. The standard InChI is InChI=1S/C18H16Cl2N4/c19-15-8-4-3-7-14(15)17-12-5-1-2-6-13(12)18(23-22-17)24-10-9-21-11-16(24)20/h1-8,16,21H,9-11H2. The Morgan fingerprint density at radius 1 is 1.00 bits per heavy atom. The van der Waals surface area contributed by atoms with Gasteiger partial charge in [0.15, 0.2) is 5.82 Å². The highest BCUT2D eigenvalue weighted by atomic mass is 35.5. The van der Waals surface area contributed by atoms with Gasteiger partial charge in [0.25, 0.3) is 0 Å². The van der Waals surface area contributed by atoms with Crippen LogP contribution in [0.1, 0.15) is 0 Å². The first kappa shape index (κ1) is 15.6. The van der Waals surface area contributed by atoms with Crippen LogP contribution in [0, 0.1) is 0 Å². The zero-order valence-electron chi connectivity index (χ0n) is 12.9. The molecule has 1 fully saturated rings. The SMILES string of the molecule is Clc1ccccc1-c1nnc(N2CCNCC2Cl)c2ccccc12. The van der Waals surface area contributed by atoms with Gasteiger partial charge in [0.05, 0.1) is 5.02 Å². The third-order valence-corrected chi connectivity index (χ3v) is 4.97. The fourth-order valence-corrected chi connectivity index (χ4v) is 3.59. The van der Waals surface area contributed by atoms with Gasteiger partial charge in [-0.15, -0.1) is 10.2 Å².